The normalized spacial score (nSPS) is 15.4. The molecular weight excluding hydrogens is 388 g/mol. The van der Waals surface area contributed by atoms with Crippen molar-refractivity contribution < 1.29 is 8.42 Å². The average Bonchev–Trinajstić information content (AvgIpc) is 2.77. The van der Waals surface area contributed by atoms with Crippen LogP contribution < -0.4 is 14.9 Å². The Morgan fingerprint density at radius 1 is 1.10 bits per heavy atom. The fourth-order valence-electron chi connectivity index (χ4n) is 3.17. The summed E-state index contributed by atoms with van der Waals surface area (Å²) in [5, 5.41) is 3.31. The number of benzene rings is 1. The van der Waals surface area contributed by atoms with Crippen LogP contribution in [0.3, 0.4) is 0 Å². The summed E-state index contributed by atoms with van der Waals surface area (Å²) in [6, 6.07) is 13.5. The Morgan fingerprint density at radius 2 is 1.86 bits per heavy atom. The van der Waals surface area contributed by atoms with E-state index in [1.165, 1.54) is 18.0 Å². The van der Waals surface area contributed by atoms with Crippen molar-refractivity contribution in [3.05, 3.63) is 54.9 Å². The monoisotopic (exact) mass is 416 g/mol. The number of guanidine groups is 1. The lowest BCUT2D eigenvalue weighted by Gasteiger charge is -2.37. The van der Waals surface area contributed by atoms with Gasteiger partial charge in [0.2, 0.25) is 10.0 Å². The Labute approximate surface area is 172 Å². The standard InChI is InChI=1S/C20H28N6O2S/c1-2-22-20(23-11-12-24-29(27,28)19-9-6-10-21-17-19)26-15-13-25(14-16-26)18-7-4-3-5-8-18/h3-10,17,24H,2,11-16H2,1H3,(H,22,23). The van der Waals surface area contributed by atoms with Gasteiger partial charge in [-0.3, -0.25) is 9.98 Å². The Bertz CT molecular complexity index is 882. The zero-order chi connectivity index (χ0) is 20.5. The minimum Gasteiger partial charge on any atom is -0.368 e. The molecule has 2 N–H and O–H groups in total. The van der Waals surface area contributed by atoms with E-state index >= 15 is 0 Å². The van der Waals surface area contributed by atoms with Gasteiger partial charge in [-0.2, -0.15) is 0 Å². The predicted molar refractivity (Wildman–Crippen MR) is 116 cm³/mol. The zero-order valence-electron chi connectivity index (χ0n) is 16.7. The van der Waals surface area contributed by atoms with Crippen molar-refractivity contribution in [3.63, 3.8) is 0 Å². The molecule has 0 amide bonds. The second-order valence-electron chi connectivity index (χ2n) is 6.63. The van der Waals surface area contributed by atoms with Gasteiger partial charge < -0.3 is 15.1 Å². The van der Waals surface area contributed by atoms with Crippen LogP contribution in [0, 0.1) is 0 Å². The van der Waals surface area contributed by atoms with Crippen molar-refractivity contribution in [2.24, 2.45) is 4.99 Å². The molecule has 0 atom stereocenters. The SMILES string of the molecule is CCNC(=NCCNS(=O)(=O)c1cccnc1)N1CCN(c2ccccc2)CC1. The first-order chi connectivity index (χ1) is 14.1. The second kappa shape index (κ2) is 10.2. The molecular formula is C20H28N6O2S. The van der Waals surface area contributed by atoms with E-state index in [-0.39, 0.29) is 11.4 Å². The molecule has 0 saturated carbocycles. The Morgan fingerprint density at radius 3 is 2.52 bits per heavy atom. The number of sulfonamides is 1. The van der Waals surface area contributed by atoms with Gasteiger partial charge in [-0.15, -0.1) is 0 Å². The molecule has 1 aromatic carbocycles. The molecule has 9 heteroatoms. The maximum Gasteiger partial charge on any atom is 0.242 e. The topological polar surface area (TPSA) is 89.9 Å². The van der Waals surface area contributed by atoms with E-state index in [0.29, 0.717) is 6.54 Å². The number of pyridine rings is 1. The lowest BCUT2D eigenvalue weighted by atomic mass is 10.2. The summed E-state index contributed by atoms with van der Waals surface area (Å²) in [5.74, 6) is 0.820. The van der Waals surface area contributed by atoms with Crippen LogP contribution in [-0.4, -0.2) is 70.1 Å². The van der Waals surface area contributed by atoms with E-state index in [9.17, 15) is 8.42 Å². The van der Waals surface area contributed by atoms with Crippen LogP contribution in [0.1, 0.15) is 6.92 Å². The molecule has 0 aliphatic carbocycles. The number of para-hydroxylation sites is 1. The van der Waals surface area contributed by atoms with Gasteiger partial charge in [0.1, 0.15) is 4.90 Å². The molecule has 2 heterocycles. The Balaban J connectivity index is 1.52. The maximum atomic E-state index is 12.2. The van der Waals surface area contributed by atoms with E-state index in [2.05, 4.69) is 54.1 Å². The van der Waals surface area contributed by atoms with E-state index in [0.717, 1.165) is 38.7 Å². The van der Waals surface area contributed by atoms with Gasteiger partial charge in [0.15, 0.2) is 5.96 Å². The number of nitrogens with one attached hydrogen (secondary N) is 2. The summed E-state index contributed by atoms with van der Waals surface area (Å²) in [5.41, 5.74) is 1.24. The average molecular weight is 417 g/mol. The van der Waals surface area contributed by atoms with E-state index < -0.39 is 10.0 Å². The highest BCUT2D eigenvalue weighted by atomic mass is 32.2. The Hall–Kier alpha value is -2.65. The molecule has 0 unspecified atom stereocenters. The van der Waals surface area contributed by atoms with Crippen LogP contribution >= 0.6 is 0 Å². The van der Waals surface area contributed by atoms with E-state index in [1.54, 1.807) is 12.3 Å². The van der Waals surface area contributed by atoms with Gasteiger partial charge in [-0.25, -0.2) is 13.1 Å². The maximum absolute atomic E-state index is 12.2. The van der Waals surface area contributed by atoms with Crippen LogP contribution in [0.25, 0.3) is 0 Å². The van der Waals surface area contributed by atoms with Crippen LogP contribution in [0.5, 0.6) is 0 Å². The van der Waals surface area contributed by atoms with Gasteiger partial charge in [-0.1, -0.05) is 18.2 Å². The summed E-state index contributed by atoms with van der Waals surface area (Å²) in [7, 11) is -3.56. The van der Waals surface area contributed by atoms with Crippen LogP contribution in [-0.2, 0) is 10.0 Å². The number of hydrogen-bond acceptors (Lipinski definition) is 5. The summed E-state index contributed by atoms with van der Waals surface area (Å²) >= 11 is 0. The number of piperazine rings is 1. The fourth-order valence-corrected chi connectivity index (χ4v) is 4.16. The van der Waals surface area contributed by atoms with Gasteiger partial charge in [0.05, 0.1) is 6.54 Å². The minimum absolute atomic E-state index is 0.160. The molecule has 1 aliphatic rings. The van der Waals surface area contributed by atoms with Crippen molar-refractivity contribution in [1.29, 1.82) is 0 Å². The number of nitrogens with zero attached hydrogens (tertiary/aromatic N) is 4. The Kier molecular flexibility index (Phi) is 7.42. The van der Waals surface area contributed by atoms with Crippen LogP contribution in [0.2, 0.25) is 0 Å². The van der Waals surface area contributed by atoms with E-state index in [4.69, 9.17) is 0 Å². The molecule has 0 bridgehead atoms. The van der Waals surface area contributed by atoms with Crippen molar-refractivity contribution in [2.75, 3.05) is 50.7 Å². The fraction of sp³-hybridized carbons (Fsp3) is 0.400. The van der Waals surface area contributed by atoms with Crippen molar-refractivity contribution in [1.82, 2.24) is 19.9 Å². The molecule has 1 aliphatic heterocycles. The molecule has 3 rings (SSSR count). The molecule has 156 valence electrons. The molecule has 2 aromatic rings. The number of aromatic nitrogens is 1. The number of rotatable bonds is 7. The second-order valence-corrected chi connectivity index (χ2v) is 8.40. The number of anilines is 1. The third-order valence-electron chi connectivity index (χ3n) is 4.65. The highest BCUT2D eigenvalue weighted by molar-refractivity contribution is 7.89. The largest absolute Gasteiger partial charge is 0.368 e. The van der Waals surface area contributed by atoms with Gasteiger partial charge in [0.25, 0.3) is 0 Å². The molecule has 1 saturated heterocycles. The third kappa shape index (κ3) is 5.91. The van der Waals surface area contributed by atoms with Gasteiger partial charge >= 0.3 is 0 Å². The predicted octanol–water partition coefficient (Wildman–Crippen LogP) is 1.15. The summed E-state index contributed by atoms with van der Waals surface area (Å²) in [6.45, 7) is 6.95. The summed E-state index contributed by atoms with van der Waals surface area (Å²) in [6.07, 6.45) is 2.88. The summed E-state index contributed by atoms with van der Waals surface area (Å²) < 4.78 is 27.1. The molecule has 0 radical (unpaired) electrons. The molecule has 29 heavy (non-hydrogen) atoms. The molecule has 1 aromatic heterocycles. The smallest absolute Gasteiger partial charge is 0.242 e. The third-order valence-corrected chi connectivity index (χ3v) is 6.09. The van der Waals surface area contributed by atoms with Crippen LogP contribution in [0.4, 0.5) is 5.69 Å². The van der Waals surface area contributed by atoms with Gasteiger partial charge in [-0.05, 0) is 31.2 Å². The van der Waals surface area contributed by atoms with Crippen molar-refractivity contribution >= 4 is 21.7 Å². The van der Waals surface area contributed by atoms with Crippen LogP contribution in [0.15, 0.2) is 64.7 Å². The molecule has 0 spiro atoms. The number of aliphatic imine (C=N–C) groups is 1. The van der Waals surface area contributed by atoms with E-state index in [1.807, 2.05) is 13.0 Å². The minimum atomic E-state index is -3.56. The quantitative estimate of drug-likeness (QED) is 0.400. The summed E-state index contributed by atoms with van der Waals surface area (Å²) in [4.78, 5) is 13.2. The first-order valence-electron chi connectivity index (χ1n) is 9.83. The molecule has 8 nitrogen and oxygen atoms in total. The van der Waals surface area contributed by atoms with Crippen molar-refractivity contribution in [2.45, 2.75) is 11.8 Å². The van der Waals surface area contributed by atoms with Gasteiger partial charge in [0, 0.05) is 57.3 Å². The van der Waals surface area contributed by atoms with Crippen molar-refractivity contribution in [3.8, 4) is 0 Å². The lowest BCUT2D eigenvalue weighted by molar-refractivity contribution is 0.372. The lowest BCUT2D eigenvalue weighted by Crippen LogP contribution is -2.52. The highest BCUT2D eigenvalue weighted by Gasteiger charge is 2.20. The first kappa shape index (κ1) is 21.1. The zero-order valence-corrected chi connectivity index (χ0v) is 17.5. The first-order valence-corrected chi connectivity index (χ1v) is 11.3. The number of hydrogen-bond donors (Lipinski definition) is 2. The highest BCUT2D eigenvalue weighted by Crippen LogP contribution is 2.15. The molecule has 1 fully saturated rings.